The maximum Gasteiger partial charge on any atom is 0.335 e. The lowest BCUT2D eigenvalue weighted by molar-refractivity contribution is -0.113. The Balaban J connectivity index is 1.89. The minimum atomic E-state index is -1.03. The topological polar surface area (TPSA) is 74.7 Å². The lowest BCUT2D eigenvalue weighted by Gasteiger charge is -2.12. The molecule has 2 aromatic rings. The molecule has 2 amide bonds. The molecule has 0 aliphatic carbocycles. The van der Waals surface area contributed by atoms with E-state index >= 15 is 0 Å². The van der Waals surface area contributed by atoms with Crippen LogP contribution in [0.1, 0.15) is 15.9 Å². The highest BCUT2D eigenvalue weighted by Gasteiger charge is 2.36. The smallest absolute Gasteiger partial charge is 0.335 e. The first-order valence-electron chi connectivity index (χ1n) is 6.82. The Morgan fingerprint density at radius 2 is 1.83 bits per heavy atom. The Morgan fingerprint density at radius 1 is 1.12 bits per heavy atom. The van der Waals surface area contributed by atoms with Crippen LogP contribution in [0.15, 0.2) is 53.4 Å². The molecule has 3 rings (SSSR count). The number of carbonyl (C=O) groups excluding carboxylic acids is 2. The third kappa shape index (κ3) is 3.20. The van der Waals surface area contributed by atoms with Gasteiger partial charge in [0.1, 0.15) is 0 Å². The fourth-order valence-electron chi connectivity index (χ4n) is 2.18. The molecule has 7 heteroatoms. The largest absolute Gasteiger partial charge is 0.478 e. The van der Waals surface area contributed by atoms with Crippen molar-refractivity contribution in [3.63, 3.8) is 0 Å². The number of benzene rings is 2. The van der Waals surface area contributed by atoms with Crippen molar-refractivity contribution in [3.8, 4) is 0 Å². The van der Waals surface area contributed by atoms with Crippen LogP contribution in [0.2, 0.25) is 5.02 Å². The van der Waals surface area contributed by atoms with E-state index in [-0.39, 0.29) is 10.5 Å². The fourth-order valence-corrected chi connectivity index (χ4v) is 3.20. The van der Waals surface area contributed by atoms with Crippen molar-refractivity contribution < 1.29 is 19.5 Å². The van der Waals surface area contributed by atoms with Crippen molar-refractivity contribution in [3.05, 3.63) is 69.6 Å². The van der Waals surface area contributed by atoms with Crippen molar-refractivity contribution >= 4 is 52.2 Å². The van der Waals surface area contributed by atoms with Gasteiger partial charge in [0.05, 0.1) is 16.2 Å². The predicted molar refractivity (Wildman–Crippen MR) is 93.3 cm³/mol. The lowest BCUT2D eigenvalue weighted by atomic mass is 10.1. The van der Waals surface area contributed by atoms with Crippen LogP contribution in [0.25, 0.3) is 6.08 Å². The molecule has 2 aromatic carbocycles. The molecule has 1 N–H and O–H groups in total. The van der Waals surface area contributed by atoms with Crippen LogP contribution in [-0.2, 0) is 4.79 Å². The van der Waals surface area contributed by atoms with Gasteiger partial charge in [-0.15, -0.1) is 0 Å². The van der Waals surface area contributed by atoms with Crippen LogP contribution in [-0.4, -0.2) is 22.2 Å². The summed E-state index contributed by atoms with van der Waals surface area (Å²) in [5, 5.41) is 8.91. The molecule has 1 fully saturated rings. The predicted octanol–water partition coefficient (Wildman–Crippen LogP) is 4.28. The average molecular weight is 360 g/mol. The highest BCUT2D eigenvalue weighted by atomic mass is 35.5. The van der Waals surface area contributed by atoms with Gasteiger partial charge in [0.15, 0.2) is 0 Å². The van der Waals surface area contributed by atoms with E-state index in [4.69, 9.17) is 16.7 Å². The Hall–Kier alpha value is -2.57. The van der Waals surface area contributed by atoms with Crippen LogP contribution in [0.4, 0.5) is 10.5 Å². The maximum atomic E-state index is 12.5. The number of thioether (sulfide) groups is 1. The standard InChI is InChI=1S/C17H10ClNO4S/c18-12-2-1-3-13(9-12)19-15(20)14(24-17(19)23)8-10-4-6-11(7-5-10)16(21)22/h1-9H,(H,21,22)/b14-8-. The highest BCUT2D eigenvalue weighted by Crippen LogP contribution is 2.36. The summed E-state index contributed by atoms with van der Waals surface area (Å²) >= 11 is 6.73. The third-order valence-electron chi connectivity index (χ3n) is 3.32. The molecule has 1 heterocycles. The molecule has 120 valence electrons. The van der Waals surface area contributed by atoms with Crippen molar-refractivity contribution in [2.24, 2.45) is 0 Å². The molecular weight excluding hydrogens is 350 g/mol. The second kappa shape index (κ2) is 6.51. The molecule has 24 heavy (non-hydrogen) atoms. The monoisotopic (exact) mass is 359 g/mol. The molecule has 0 bridgehead atoms. The Labute approximate surface area is 146 Å². The van der Waals surface area contributed by atoms with Gasteiger partial charge >= 0.3 is 5.97 Å². The van der Waals surface area contributed by atoms with E-state index in [9.17, 15) is 14.4 Å². The first-order valence-corrected chi connectivity index (χ1v) is 8.02. The Morgan fingerprint density at radius 3 is 2.46 bits per heavy atom. The molecule has 0 atom stereocenters. The number of carboxylic acid groups (broad SMARTS) is 1. The van der Waals surface area contributed by atoms with Gasteiger partial charge in [-0.3, -0.25) is 9.59 Å². The van der Waals surface area contributed by atoms with E-state index in [1.54, 1.807) is 42.5 Å². The van der Waals surface area contributed by atoms with E-state index in [2.05, 4.69) is 0 Å². The van der Waals surface area contributed by atoms with E-state index in [1.165, 1.54) is 12.1 Å². The minimum absolute atomic E-state index is 0.152. The zero-order chi connectivity index (χ0) is 17.3. The summed E-state index contributed by atoms with van der Waals surface area (Å²) < 4.78 is 0. The number of anilines is 1. The zero-order valence-corrected chi connectivity index (χ0v) is 13.7. The summed E-state index contributed by atoms with van der Waals surface area (Å²) in [4.78, 5) is 36.8. The van der Waals surface area contributed by atoms with E-state index < -0.39 is 17.1 Å². The quantitative estimate of drug-likeness (QED) is 0.828. The molecule has 5 nitrogen and oxygen atoms in total. The number of imide groups is 1. The molecular formula is C17H10ClNO4S. The van der Waals surface area contributed by atoms with Crippen LogP contribution >= 0.6 is 23.4 Å². The molecule has 1 aliphatic heterocycles. The maximum absolute atomic E-state index is 12.5. The molecule has 0 spiro atoms. The number of aromatic carboxylic acids is 1. The summed E-state index contributed by atoms with van der Waals surface area (Å²) in [6.07, 6.45) is 1.56. The van der Waals surface area contributed by atoms with Crippen LogP contribution in [0, 0.1) is 0 Å². The first-order chi connectivity index (χ1) is 11.5. The van der Waals surface area contributed by atoms with Gasteiger partial charge in [-0.1, -0.05) is 29.8 Å². The van der Waals surface area contributed by atoms with Crippen molar-refractivity contribution in [1.82, 2.24) is 0 Å². The van der Waals surface area contributed by atoms with Gasteiger partial charge < -0.3 is 5.11 Å². The molecule has 0 saturated carbocycles. The number of hydrogen-bond donors (Lipinski definition) is 1. The SMILES string of the molecule is O=C(O)c1ccc(/C=C2\SC(=O)N(c3cccc(Cl)c3)C2=O)cc1. The number of carbonyl (C=O) groups is 3. The normalized spacial score (nSPS) is 16.0. The molecule has 0 unspecified atom stereocenters. The van der Waals surface area contributed by atoms with Crippen molar-refractivity contribution in [2.45, 2.75) is 0 Å². The number of hydrogen-bond acceptors (Lipinski definition) is 4. The minimum Gasteiger partial charge on any atom is -0.478 e. The summed E-state index contributed by atoms with van der Waals surface area (Å²) in [6.45, 7) is 0. The fraction of sp³-hybridized carbons (Fsp3) is 0. The Kier molecular flexibility index (Phi) is 4.42. The number of nitrogens with zero attached hydrogens (tertiary/aromatic N) is 1. The first kappa shape index (κ1) is 16.3. The van der Waals surface area contributed by atoms with Gasteiger partial charge in [0, 0.05) is 5.02 Å². The average Bonchev–Trinajstić information content (AvgIpc) is 2.82. The van der Waals surface area contributed by atoms with Gasteiger partial charge in [-0.25, -0.2) is 9.69 Å². The van der Waals surface area contributed by atoms with Gasteiger partial charge in [-0.2, -0.15) is 0 Å². The number of carboxylic acids is 1. The molecule has 0 aromatic heterocycles. The lowest BCUT2D eigenvalue weighted by Crippen LogP contribution is -2.27. The van der Waals surface area contributed by atoms with Crippen LogP contribution < -0.4 is 4.90 Å². The van der Waals surface area contributed by atoms with Gasteiger partial charge in [-0.05, 0) is 53.7 Å². The second-order valence-electron chi connectivity index (χ2n) is 4.92. The third-order valence-corrected chi connectivity index (χ3v) is 4.42. The summed E-state index contributed by atoms with van der Waals surface area (Å²) in [5.74, 6) is -1.46. The summed E-state index contributed by atoms with van der Waals surface area (Å²) in [7, 11) is 0. The number of halogens is 1. The zero-order valence-electron chi connectivity index (χ0n) is 12.1. The molecule has 1 saturated heterocycles. The highest BCUT2D eigenvalue weighted by molar-refractivity contribution is 8.19. The van der Waals surface area contributed by atoms with E-state index in [0.717, 1.165) is 16.7 Å². The van der Waals surface area contributed by atoms with E-state index in [0.29, 0.717) is 16.3 Å². The van der Waals surface area contributed by atoms with Crippen LogP contribution in [0.5, 0.6) is 0 Å². The molecule has 1 aliphatic rings. The Bertz CT molecular complexity index is 876. The summed E-state index contributed by atoms with van der Waals surface area (Å²) in [6, 6.07) is 12.5. The summed E-state index contributed by atoms with van der Waals surface area (Å²) in [5.41, 5.74) is 1.20. The van der Waals surface area contributed by atoms with Gasteiger partial charge in [0.25, 0.3) is 11.1 Å². The molecule has 0 radical (unpaired) electrons. The van der Waals surface area contributed by atoms with Crippen molar-refractivity contribution in [2.75, 3.05) is 4.90 Å². The number of rotatable bonds is 3. The van der Waals surface area contributed by atoms with E-state index in [1.807, 2.05) is 0 Å². The van der Waals surface area contributed by atoms with Crippen LogP contribution in [0.3, 0.4) is 0 Å². The van der Waals surface area contributed by atoms with Crippen molar-refractivity contribution in [1.29, 1.82) is 0 Å². The number of amides is 2. The van der Waals surface area contributed by atoms with Gasteiger partial charge in [0.2, 0.25) is 0 Å². The second-order valence-corrected chi connectivity index (χ2v) is 6.35.